The zero-order chi connectivity index (χ0) is 21.6. The molecule has 154 valence electrons. The number of primary amides is 1. The summed E-state index contributed by atoms with van der Waals surface area (Å²) in [6.45, 7) is 5.79. The minimum Gasteiger partial charge on any atom is -0.441 e. The van der Waals surface area contributed by atoms with Crippen LogP contribution in [0.1, 0.15) is 31.6 Å². The SMILES string of the molecule is C=CCC(OC(N)=O)c1cncc(-c2c(NC(=O)C(C)C=C)cnn2C(F)F)c1. The van der Waals surface area contributed by atoms with Crippen LogP contribution in [0.2, 0.25) is 0 Å². The predicted octanol–water partition coefficient (Wildman–Crippen LogP) is 3.81. The zero-order valence-electron chi connectivity index (χ0n) is 15.7. The van der Waals surface area contributed by atoms with Gasteiger partial charge in [0.15, 0.2) is 0 Å². The third-order valence-electron chi connectivity index (χ3n) is 4.05. The highest BCUT2D eigenvalue weighted by Gasteiger charge is 2.23. The van der Waals surface area contributed by atoms with Crippen molar-refractivity contribution in [3.63, 3.8) is 0 Å². The van der Waals surface area contributed by atoms with Crippen molar-refractivity contribution in [3.05, 3.63) is 55.5 Å². The van der Waals surface area contributed by atoms with E-state index in [0.717, 1.165) is 6.20 Å². The van der Waals surface area contributed by atoms with E-state index in [1.54, 1.807) is 6.92 Å². The first-order valence-corrected chi connectivity index (χ1v) is 8.59. The van der Waals surface area contributed by atoms with Gasteiger partial charge >= 0.3 is 12.6 Å². The van der Waals surface area contributed by atoms with Gasteiger partial charge in [0.2, 0.25) is 5.91 Å². The molecule has 2 aromatic rings. The largest absolute Gasteiger partial charge is 0.441 e. The van der Waals surface area contributed by atoms with E-state index < -0.39 is 30.6 Å². The summed E-state index contributed by atoms with van der Waals surface area (Å²) >= 11 is 0. The fourth-order valence-electron chi connectivity index (χ4n) is 2.55. The molecule has 2 amide bonds. The Morgan fingerprint density at radius 3 is 2.66 bits per heavy atom. The molecule has 2 atom stereocenters. The van der Waals surface area contributed by atoms with E-state index in [4.69, 9.17) is 10.5 Å². The molecule has 0 aliphatic rings. The number of hydrogen-bond donors (Lipinski definition) is 2. The number of aromatic nitrogens is 3. The molecule has 29 heavy (non-hydrogen) atoms. The predicted molar refractivity (Wildman–Crippen MR) is 103 cm³/mol. The second kappa shape index (κ2) is 9.58. The van der Waals surface area contributed by atoms with Crippen LogP contribution in [0.5, 0.6) is 0 Å². The quantitative estimate of drug-likeness (QED) is 0.616. The summed E-state index contributed by atoms with van der Waals surface area (Å²) in [4.78, 5) is 27.4. The highest BCUT2D eigenvalue weighted by atomic mass is 19.3. The van der Waals surface area contributed by atoms with Crippen LogP contribution in [0.25, 0.3) is 11.3 Å². The molecule has 3 N–H and O–H groups in total. The summed E-state index contributed by atoms with van der Waals surface area (Å²) in [5.41, 5.74) is 5.79. The van der Waals surface area contributed by atoms with Crippen LogP contribution in [0.15, 0.2) is 50.0 Å². The van der Waals surface area contributed by atoms with Crippen LogP contribution in [-0.2, 0) is 9.53 Å². The fraction of sp³-hybridized carbons (Fsp3) is 0.263. The molecule has 2 unspecified atom stereocenters. The van der Waals surface area contributed by atoms with Crippen molar-refractivity contribution in [1.29, 1.82) is 0 Å². The standard InChI is InChI=1S/C19H21F2N5O3/c1-4-6-15(29-19(22)28)12-7-13(9-23-8-12)16-14(10-24-26(16)18(20)21)25-17(27)11(3)5-2/h4-5,7-11,15,18H,1-2,6H2,3H3,(H2,22,28)(H,25,27). The molecule has 0 bridgehead atoms. The number of pyridine rings is 1. The number of nitrogens with zero attached hydrogens (tertiary/aromatic N) is 3. The maximum atomic E-state index is 13.5. The van der Waals surface area contributed by atoms with Crippen molar-refractivity contribution >= 4 is 17.7 Å². The second-order valence-electron chi connectivity index (χ2n) is 6.10. The Morgan fingerprint density at radius 1 is 1.34 bits per heavy atom. The summed E-state index contributed by atoms with van der Waals surface area (Å²) < 4.78 is 32.5. The summed E-state index contributed by atoms with van der Waals surface area (Å²) in [6, 6.07) is 1.51. The number of carbonyl (C=O) groups is 2. The molecule has 0 saturated carbocycles. The van der Waals surface area contributed by atoms with E-state index in [2.05, 4.69) is 28.6 Å². The summed E-state index contributed by atoms with van der Waals surface area (Å²) in [5.74, 6) is -0.969. The summed E-state index contributed by atoms with van der Waals surface area (Å²) in [6.07, 6.45) is 5.28. The minimum absolute atomic E-state index is 0.0459. The molecule has 8 nitrogen and oxygen atoms in total. The van der Waals surface area contributed by atoms with Gasteiger partial charge in [-0.25, -0.2) is 9.48 Å². The topological polar surface area (TPSA) is 112 Å². The molecule has 0 saturated heterocycles. The fourth-order valence-corrected chi connectivity index (χ4v) is 2.55. The molecule has 2 aromatic heterocycles. The molecule has 0 aliphatic heterocycles. The Kier molecular flexibility index (Phi) is 7.18. The lowest BCUT2D eigenvalue weighted by atomic mass is 10.0. The van der Waals surface area contributed by atoms with Crippen molar-refractivity contribution in [2.75, 3.05) is 5.32 Å². The maximum absolute atomic E-state index is 13.5. The third kappa shape index (κ3) is 5.24. The molecular weight excluding hydrogens is 384 g/mol. The molecule has 2 heterocycles. The zero-order valence-corrected chi connectivity index (χ0v) is 15.7. The van der Waals surface area contributed by atoms with Gasteiger partial charge in [0.1, 0.15) is 6.10 Å². The number of rotatable bonds is 9. The summed E-state index contributed by atoms with van der Waals surface area (Å²) in [5, 5.41) is 6.23. The van der Waals surface area contributed by atoms with Crippen molar-refractivity contribution in [1.82, 2.24) is 14.8 Å². The van der Waals surface area contributed by atoms with Crippen LogP contribution >= 0.6 is 0 Å². The van der Waals surface area contributed by atoms with E-state index in [-0.39, 0.29) is 23.4 Å². The van der Waals surface area contributed by atoms with Gasteiger partial charge in [-0.2, -0.15) is 13.9 Å². The average Bonchev–Trinajstić information content (AvgIpc) is 3.10. The first-order chi connectivity index (χ1) is 13.8. The number of nitrogens with two attached hydrogens (primary N) is 1. The minimum atomic E-state index is -2.96. The summed E-state index contributed by atoms with van der Waals surface area (Å²) in [7, 11) is 0. The number of alkyl halides is 2. The lowest BCUT2D eigenvalue weighted by molar-refractivity contribution is -0.118. The van der Waals surface area contributed by atoms with E-state index in [9.17, 15) is 18.4 Å². The van der Waals surface area contributed by atoms with Crippen molar-refractivity contribution in [2.45, 2.75) is 26.0 Å². The van der Waals surface area contributed by atoms with Crippen LogP contribution in [0, 0.1) is 5.92 Å². The van der Waals surface area contributed by atoms with Gasteiger partial charge in [0.05, 0.1) is 23.5 Å². The lowest BCUT2D eigenvalue weighted by Gasteiger charge is -2.17. The molecule has 0 aromatic carbocycles. The number of carbonyl (C=O) groups excluding carboxylic acids is 2. The third-order valence-corrected chi connectivity index (χ3v) is 4.05. The molecular formula is C19H21F2N5O3. The van der Waals surface area contributed by atoms with Crippen molar-refractivity contribution < 1.29 is 23.1 Å². The van der Waals surface area contributed by atoms with E-state index >= 15 is 0 Å². The van der Waals surface area contributed by atoms with E-state index in [1.807, 2.05) is 0 Å². The molecule has 0 fully saturated rings. The number of amides is 2. The Hall–Kier alpha value is -3.56. The van der Waals surface area contributed by atoms with Gasteiger partial charge < -0.3 is 15.8 Å². The molecule has 0 spiro atoms. The van der Waals surface area contributed by atoms with Gasteiger partial charge in [-0.3, -0.25) is 9.78 Å². The normalized spacial score (nSPS) is 12.8. The molecule has 10 heteroatoms. The Bertz CT molecular complexity index is 913. The van der Waals surface area contributed by atoms with Crippen LogP contribution < -0.4 is 11.1 Å². The second-order valence-corrected chi connectivity index (χ2v) is 6.10. The number of nitrogens with one attached hydrogen (secondary N) is 1. The number of anilines is 1. The van der Waals surface area contributed by atoms with Crippen LogP contribution in [0.4, 0.5) is 19.3 Å². The Labute approximate surface area is 166 Å². The number of ether oxygens (including phenoxy) is 1. The van der Waals surface area contributed by atoms with Gasteiger partial charge in [0.25, 0.3) is 0 Å². The maximum Gasteiger partial charge on any atom is 0.405 e. The average molecular weight is 405 g/mol. The van der Waals surface area contributed by atoms with Gasteiger partial charge in [0, 0.05) is 29.9 Å². The van der Waals surface area contributed by atoms with Crippen molar-refractivity contribution in [3.8, 4) is 11.3 Å². The molecule has 2 rings (SSSR count). The van der Waals surface area contributed by atoms with Gasteiger partial charge in [-0.05, 0) is 6.07 Å². The van der Waals surface area contributed by atoms with Crippen LogP contribution in [0.3, 0.4) is 0 Å². The van der Waals surface area contributed by atoms with Crippen molar-refractivity contribution in [2.24, 2.45) is 11.7 Å². The molecule has 0 radical (unpaired) electrons. The highest BCUT2D eigenvalue weighted by molar-refractivity contribution is 5.96. The van der Waals surface area contributed by atoms with E-state index in [0.29, 0.717) is 10.2 Å². The first-order valence-electron chi connectivity index (χ1n) is 8.59. The monoisotopic (exact) mass is 405 g/mol. The van der Waals surface area contributed by atoms with Crippen LogP contribution in [-0.4, -0.2) is 26.8 Å². The highest BCUT2D eigenvalue weighted by Crippen LogP contribution is 2.33. The number of hydrogen-bond acceptors (Lipinski definition) is 5. The van der Waals surface area contributed by atoms with Gasteiger partial charge in [-0.1, -0.05) is 19.1 Å². The Balaban J connectivity index is 2.51. The van der Waals surface area contributed by atoms with Gasteiger partial charge in [-0.15, -0.1) is 13.2 Å². The lowest BCUT2D eigenvalue weighted by Crippen LogP contribution is -2.19. The Morgan fingerprint density at radius 2 is 2.07 bits per heavy atom. The molecule has 0 aliphatic carbocycles. The van der Waals surface area contributed by atoms with E-state index in [1.165, 1.54) is 30.6 Å². The smallest absolute Gasteiger partial charge is 0.405 e. The first kappa shape index (κ1) is 21.7. The number of halogens is 2.